The minimum atomic E-state index is -3.20. The Kier molecular flexibility index (Phi) is 5.15. The molecule has 0 radical (unpaired) electrons. The van der Waals surface area contributed by atoms with Crippen LogP contribution in [0.3, 0.4) is 0 Å². The van der Waals surface area contributed by atoms with Crippen LogP contribution in [0.2, 0.25) is 0 Å². The number of carbonyl (C=O) groups is 2. The molecule has 116 valence electrons. The zero-order valence-corrected chi connectivity index (χ0v) is 13.1. The molecular formula is C12H22N2O5S. The average Bonchev–Trinajstić information content (AvgIpc) is 2.36. The van der Waals surface area contributed by atoms with E-state index in [1.165, 1.54) is 11.4 Å². The SMILES string of the molecule is COC(=O)C(C)(C)NC(=O)C1CCN(S(C)(=O)=O)CC1. The molecule has 0 unspecified atom stereocenters. The number of hydrogen-bond acceptors (Lipinski definition) is 5. The number of hydrogen-bond donors (Lipinski definition) is 1. The lowest BCUT2D eigenvalue weighted by Crippen LogP contribution is -2.53. The maximum absolute atomic E-state index is 12.1. The Morgan fingerprint density at radius 1 is 1.25 bits per heavy atom. The van der Waals surface area contributed by atoms with E-state index in [-0.39, 0.29) is 11.8 Å². The summed E-state index contributed by atoms with van der Waals surface area (Å²) in [4.78, 5) is 23.6. The minimum Gasteiger partial charge on any atom is -0.467 e. The zero-order chi connectivity index (χ0) is 15.6. The van der Waals surface area contributed by atoms with Gasteiger partial charge in [-0.2, -0.15) is 0 Å². The highest BCUT2D eigenvalue weighted by Gasteiger charge is 2.35. The highest BCUT2D eigenvalue weighted by molar-refractivity contribution is 7.88. The molecule has 1 fully saturated rings. The van der Waals surface area contributed by atoms with E-state index < -0.39 is 21.5 Å². The predicted molar refractivity (Wildman–Crippen MR) is 73.4 cm³/mol. The summed E-state index contributed by atoms with van der Waals surface area (Å²) in [6.07, 6.45) is 2.07. The van der Waals surface area contributed by atoms with Crippen LogP contribution in [-0.4, -0.2) is 56.6 Å². The normalized spacial score (nSPS) is 18.6. The number of amides is 1. The van der Waals surface area contributed by atoms with Crippen molar-refractivity contribution >= 4 is 21.9 Å². The first-order chi connectivity index (χ1) is 9.08. The number of sulfonamides is 1. The van der Waals surface area contributed by atoms with E-state index in [2.05, 4.69) is 10.1 Å². The third-order valence-corrected chi connectivity index (χ3v) is 4.73. The summed E-state index contributed by atoms with van der Waals surface area (Å²) in [6.45, 7) is 3.80. The summed E-state index contributed by atoms with van der Waals surface area (Å²) in [5, 5.41) is 2.65. The summed E-state index contributed by atoms with van der Waals surface area (Å²) < 4.78 is 28.8. The fourth-order valence-electron chi connectivity index (χ4n) is 2.17. The molecule has 0 aliphatic carbocycles. The van der Waals surface area contributed by atoms with Crippen molar-refractivity contribution in [1.82, 2.24) is 9.62 Å². The standard InChI is InChI=1S/C12H22N2O5S/c1-12(2,11(16)19-3)13-10(15)9-5-7-14(8-6-9)20(4,17)18/h9H,5-8H2,1-4H3,(H,13,15). The molecule has 1 amide bonds. The second-order valence-corrected chi connectivity index (χ2v) is 7.52. The van der Waals surface area contributed by atoms with Crippen LogP contribution in [0.5, 0.6) is 0 Å². The molecule has 8 heteroatoms. The number of piperidine rings is 1. The number of rotatable bonds is 4. The molecule has 0 bridgehead atoms. The Labute approximate surface area is 119 Å². The van der Waals surface area contributed by atoms with Crippen LogP contribution in [0.1, 0.15) is 26.7 Å². The topological polar surface area (TPSA) is 92.8 Å². The van der Waals surface area contributed by atoms with Crippen molar-refractivity contribution in [3.63, 3.8) is 0 Å². The molecule has 0 aromatic carbocycles. The van der Waals surface area contributed by atoms with E-state index in [9.17, 15) is 18.0 Å². The number of nitrogens with zero attached hydrogens (tertiary/aromatic N) is 1. The number of carbonyl (C=O) groups excluding carboxylic acids is 2. The highest BCUT2D eigenvalue weighted by atomic mass is 32.2. The molecule has 7 nitrogen and oxygen atoms in total. The Hall–Kier alpha value is -1.15. The number of methoxy groups -OCH3 is 1. The average molecular weight is 306 g/mol. The monoisotopic (exact) mass is 306 g/mol. The van der Waals surface area contributed by atoms with Gasteiger partial charge in [-0.15, -0.1) is 0 Å². The van der Waals surface area contributed by atoms with Crippen LogP contribution in [0.25, 0.3) is 0 Å². The number of esters is 1. The summed E-state index contributed by atoms with van der Waals surface area (Å²) in [6, 6.07) is 0. The summed E-state index contributed by atoms with van der Waals surface area (Å²) in [5.74, 6) is -1.04. The van der Waals surface area contributed by atoms with Gasteiger partial charge in [0.2, 0.25) is 15.9 Å². The van der Waals surface area contributed by atoms with Crippen LogP contribution in [0, 0.1) is 5.92 Å². The van der Waals surface area contributed by atoms with Gasteiger partial charge in [0.25, 0.3) is 0 Å². The van der Waals surface area contributed by atoms with E-state index in [0.29, 0.717) is 25.9 Å². The first-order valence-corrected chi connectivity index (χ1v) is 8.28. The Bertz CT molecular complexity index is 478. The van der Waals surface area contributed by atoms with Crippen molar-refractivity contribution in [2.75, 3.05) is 26.5 Å². The van der Waals surface area contributed by atoms with Gasteiger partial charge in [-0.1, -0.05) is 0 Å². The van der Waals surface area contributed by atoms with Crippen molar-refractivity contribution in [1.29, 1.82) is 0 Å². The van der Waals surface area contributed by atoms with Crippen molar-refractivity contribution in [3.8, 4) is 0 Å². The fraction of sp³-hybridized carbons (Fsp3) is 0.833. The van der Waals surface area contributed by atoms with Crippen LogP contribution < -0.4 is 5.32 Å². The Morgan fingerprint density at radius 2 is 1.75 bits per heavy atom. The summed E-state index contributed by atoms with van der Waals surface area (Å²) in [7, 11) is -1.94. The maximum atomic E-state index is 12.1. The van der Waals surface area contributed by atoms with Crippen LogP contribution >= 0.6 is 0 Å². The van der Waals surface area contributed by atoms with Gasteiger partial charge in [0.05, 0.1) is 13.4 Å². The van der Waals surface area contributed by atoms with Crippen LogP contribution in [-0.2, 0) is 24.3 Å². The molecule has 1 aliphatic rings. The van der Waals surface area contributed by atoms with Gasteiger partial charge < -0.3 is 10.1 Å². The quantitative estimate of drug-likeness (QED) is 0.722. The van der Waals surface area contributed by atoms with E-state index >= 15 is 0 Å². The first-order valence-electron chi connectivity index (χ1n) is 6.43. The second-order valence-electron chi connectivity index (χ2n) is 5.54. The largest absolute Gasteiger partial charge is 0.467 e. The lowest BCUT2D eigenvalue weighted by Gasteiger charge is -2.31. The van der Waals surface area contributed by atoms with Gasteiger partial charge in [0.1, 0.15) is 5.54 Å². The number of nitrogens with one attached hydrogen (secondary N) is 1. The fourth-order valence-corrected chi connectivity index (χ4v) is 3.04. The Balaban J connectivity index is 2.58. The van der Waals surface area contributed by atoms with Crippen molar-refractivity contribution in [3.05, 3.63) is 0 Å². The highest BCUT2D eigenvalue weighted by Crippen LogP contribution is 2.20. The van der Waals surface area contributed by atoms with E-state index in [0.717, 1.165) is 6.26 Å². The zero-order valence-electron chi connectivity index (χ0n) is 12.3. The third-order valence-electron chi connectivity index (χ3n) is 3.43. The number of ether oxygens (including phenoxy) is 1. The molecule has 20 heavy (non-hydrogen) atoms. The molecule has 0 atom stereocenters. The minimum absolute atomic E-state index is 0.242. The predicted octanol–water partition coefficient (Wildman–Crippen LogP) is -0.274. The van der Waals surface area contributed by atoms with Crippen molar-refractivity contribution < 1.29 is 22.7 Å². The Morgan fingerprint density at radius 3 is 2.15 bits per heavy atom. The lowest BCUT2D eigenvalue weighted by molar-refractivity contribution is -0.150. The molecular weight excluding hydrogens is 284 g/mol. The van der Waals surface area contributed by atoms with Gasteiger partial charge in [0, 0.05) is 19.0 Å². The van der Waals surface area contributed by atoms with Gasteiger partial charge in [-0.05, 0) is 26.7 Å². The van der Waals surface area contributed by atoms with E-state index in [1.54, 1.807) is 13.8 Å². The van der Waals surface area contributed by atoms with E-state index in [1.807, 2.05) is 0 Å². The van der Waals surface area contributed by atoms with Crippen LogP contribution in [0.4, 0.5) is 0 Å². The van der Waals surface area contributed by atoms with Crippen molar-refractivity contribution in [2.24, 2.45) is 5.92 Å². The van der Waals surface area contributed by atoms with Crippen molar-refractivity contribution in [2.45, 2.75) is 32.2 Å². The first kappa shape index (κ1) is 16.9. The molecule has 1 heterocycles. The molecule has 0 aromatic rings. The third kappa shape index (κ3) is 4.17. The maximum Gasteiger partial charge on any atom is 0.330 e. The van der Waals surface area contributed by atoms with Gasteiger partial charge in [-0.3, -0.25) is 4.79 Å². The molecule has 0 aromatic heterocycles. The smallest absolute Gasteiger partial charge is 0.330 e. The molecule has 1 aliphatic heterocycles. The van der Waals surface area contributed by atoms with Crippen LogP contribution in [0.15, 0.2) is 0 Å². The van der Waals surface area contributed by atoms with Gasteiger partial charge in [0.15, 0.2) is 0 Å². The van der Waals surface area contributed by atoms with Gasteiger partial charge in [-0.25, -0.2) is 17.5 Å². The lowest BCUT2D eigenvalue weighted by atomic mass is 9.95. The second kappa shape index (κ2) is 6.09. The molecule has 1 rings (SSSR count). The summed E-state index contributed by atoms with van der Waals surface area (Å²) in [5.41, 5.74) is -1.08. The summed E-state index contributed by atoms with van der Waals surface area (Å²) >= 11 is 0. The van der Waals surface area contributed by atoms with Gasteiger partial charge >= 0.3 is 5.97 Å². The molecule has 1 saturated heterocycles. The molecule has 0 spiro atoms. The van der Waals surface area contributed by atoms with E-state index in [4.69, 9.17) is 0 Å². The molecule has 1 N–H and O–H groups in total. The molecule has 0 saturated carbocycles.